The van der Waals surface area contributed by atoms with E-state index in [1.54, 1.807) is 18.9 Å². The van der Waals surface area contributed by atoms with E-state index in [0.717, 1.165) is 31.4 Å². The molecule has 0 saturated heterocycles. The van der Waals surface area contributed by atoms with Gasteiger partial charge in [-0.25, -0.2) is 0 Å². The molecular weight excluding hydrogens is 386 g/mol. The van der Waals surface area contributed by atoms with Crippen LogP contribution in [0.4, 0.5) is 0 Å². The van der Waals surface area contributed by atoms with Crippen LogP contribution < -0.4 is 4.74 Å². The number of esters is 1. The SMILES string of the molecule is COc1cncc(C2=CC=C3C4CC=C5C[C@@H](OC(C)=O)CC[C@]5(C)C4CC[C@]23C)c1. The van der Waals surface area contributed by atoms with Crippen LogP contribution >= 0.6 is 0 Å². The predicted octanol–water partition coefficient (Wildman–Crippen LogP) is 5.90. The second-order valence-electron chi connectivity index (χ2n) is 10.3. The maximum absolute atomic E-state index is 11.5. The van der Waals surface area contributed by atoms with Crippen molar-refractivity contribution in [1.29, 1.82) is 0 Å². The molecule has 4 heteroatoms. The molecule has 0 amide bonds. The molecule has 2 unspecified atom stereocenters. The van der Waals surface area contributed by atoms with Gasteiger partial charge in [-0.05, 0) is 61.0 Å². The zero-order chi connectivity index (χ0) is 21.8. The van der Waals surface area contributed by atoms with Gasteiger partial charge in [-0.2, -0.15) is 0 Å². The molecule has 0 N–H and O–H groups in total. The fourth-order valence-electron chi connectivity index (χ4n) is 7.06. The van der Waals surface area contributed by atoms with Crippen LogP contribution in [0.25, 0.3) is 5.57 Å². The van der Waals surface area contributed by atoms with Crippen molar-refractivity contribution in [1.82, 2.24) is 4.98 Å². The van der Waals surface area contributed by atoms with E-state index in [0.29, 0.717) is 11.8 Å². The summed E-state index contributed by atoms with van der Waals surface area (Å²) in [6.07, 6.45) is 17.5. The molecule has 164 valence electrons. The fourth-order valence-corrected chi connectivity index (χ4v) is 7.06. The van der Waals surface area contributed by atoms with Crippen molar-refractivity contribution < 1.29 is 14.3 Å². The topological polar surface area (TPSA) is 48.4 Å². The quantitative estimate of drug-likeness (QED) is 0.452. The number of pyridine rings is 1. The molecule has 0 bridgehead atoms. The first-order chi connectivity index (χ1) is 14.8. The molecule has 2 fully saturated rings. The van der Waals surface area contributed by atoms with Gasteiger partial charge in [0.1, 0.15) is 11.9 Å². The summed E-state index contributed by atoms with van der Waals surface area (Å²) in [6.45, 7) is 6.42. The van der Waals surface area contributed by atoms with E-state index >= 15 is 0 Å². The lowest BCUT2D eigenvalue weighted by Crippen LogP contribution is -2.47. The van der Waals surface area contributed by atoms with Crippen LogP contribution in [-0.4, -0.2) is 24.2 Å². The minimum absolute atomic E-state index is 0.0572. The first-order valence-electron chi connectivity index (χ1n) is 11.6. The number of rotatable bonds is 3. The molecule has 4 aliphatic rings. The van der Waals surface area contributed by atoms with E-state index in [9.17, 15) is 4.79 Å². The van der Waals surface area contributed by atoms with Crippen molar-refractivity contribution in [2.75, 3.05) is 7.11 Å². The van der Waals surface area contributed by atoms with E-state index in [-0.39, 0.29) is 22.9 Å². The number of carbonyl (C=O) groups excluding carboxylic acids is 1. The van der Waals surface area contributed by atoms with Gasteiger partial charge >= 0.3 is 5.97 Å². The van der Waals surface area contributed by atoms with Gasteiger partial charge in [0, 0.05) is 30.5 Å². The van der Waals surface area contributed by atoms with Gasteiger partial charge in [-0.15, -0.1) is 0 Å². The third-order valence-electron chi connectivity index (χ3n) is 8.70. The fraction of sp³-hybridized carbons (Fsp3) is 0.556. The highest BCUT2D eigenvalue weighted by Gasteiger charge is 2.54. The average Bonchev–Trinajstić information content (AvgIpc) is 3.11. The number of hydrogen-bond donors (Lipinski definition) is 0. The number of aromatic nitrogens is 1. The lowest BCUT2D eigenvalue weighted by atomic mass is 9.49. The second-order valence-corrected chi connectivity index (χ2v) is 10.3. The summed E-state index contributed by atoms with van der Waals surface area (Å²) in [5.41, 5.74) is 5.98. The Morgan fingerprint density at radius 3 is 2.77 bits per heavy atom. The molecule has 0 aliphatic heterocycles. The zero-order valence-electron chi connectivity index (χ0n) is 19.1. The third kappa shape index (κ3) is 3.18. The lowest BCUT2D eigenvalue weighted by molar-refractivity contribution is -0.148. The summed E-state index contributed by atoms with van der Waals surface area (Å²) in [5.74, 6) is 1.91. The molecule has 4 nitrogen and oxygen atoms in total. The molecule has 5 atom stereocenters. The molecule has 2 saturated carbocycles. The van der Waals surface area contributed by atoms with Gasteiger partial charge in [0.2, 0.25) is 0 Å². The summed E-state index contributed by atoms with van der Waals surface area (Å²) in [5, 5.41) is 0. The molecule has 0 spiro atoms. The maximum atomic E-state index is 11.5. The maximum Gasteiger partial charge on any atom is 0.302 e. The van der Waals surface area contributed by atoms with Crippen LogP contribution in [0.1, 0.15) is 64.9 Å². The third-order valence-corrected chi connectivity index (χ3v) is 8.70. The molecule has 0 radical (unpaired) electrons. The van der Waals surface area contributed by atoms with E-state index < -0.39 is 0 Å². The van der Waals surface area contributed by atoms with Gasteiger partial charge < -0.3 is 9.47 Å². The van der Waals surface area contributed by atoms with Crippen LogP contribution in [0, 0.1) is 22.7 Å². The highest BCUT2D eigenvalue weighted by molar-refractivity contribution is 5.78. The number of hydrogen-bond acceptors (Lipinski definition) is 4. The minimum atomic E-state index is -0.155. The van der Waals surface area contributed by atoms with Crippen LogP contribution in [0.5, 0.6) is 5.75 Å². The van der Waals surface area contributed by atoms with Crippen LogP contribution in [0.3, 0.4) is 0 Å². The smallest absolute Gasteiger partial charge is 0.302 e. The Hall–Kier alpha value is -2.36. The number of carbonyl (C=O) groups is 1. The first kappa shape index (κ1) is 20.5. The highest BCUT2D eigenvalue weighted by atomic mass is 16.5. The molecule has 5 rings (SSSR count). The Morgan fingerprint density at radius 2 is 2.00 bits per heavy atom. The largest absolute Gasteiger partial charge is 0.495 e. The Bertz CT molecular complexity index is 1010. The van der Waals surface area contributed by atoms with Gasteiger partial charge in [0.25, 0.3) is 0 Å². The van der Waals surface area contributed by atoms with E-state index in [1.165, 1.54) is 36.5 Å². The molecule has 1 aromatic rings. The summed E-state index contributed by atoms with van der Waals surface area (Å²) in [6, 6.07) is 2.11. The standard InChI is InChI=1S/C27H33NO3/c1-17(29)31-20-9-11-26(2)19(14-20)5-6-22-24-8-7-23(27(24,3)12-10-25(22)26)18-13-21(30-4)16-28-15-18/h5,7-8,13,15-16,20,22,25H,6,9-12,14H2,1-4H3/t20-,22?,25?,26-,27+/m0/s1. The number of allylic oxidation sites excluding steroid dienone is 5. The molecule has 31 heavy (non-hydrogen) atoms. The first-order valence-corrected chi connectivity index (χ1v) is 11.6. The summed E-state index contributed by atoms with van der Waals surface area (Å²) >= 11 is 0. The van der Waals surface area contributed by atoms with Gasteiger partial charge in [0.05, 0.1) is 13.3 Å². The van der Waals surface area contributed by atoms with E-state index in [4.69, 9.17) is 9.47 Å². The van der Waals surface area contributed by atoms with Gasteiger partial charge in [-0.1, -0.05) is 43.2 Å². The molecule has 1 heterocycles. The Labute approximate surface area is 185 Å². The Kier molecular flexibility index (Phi) is 4.87. The summed E-state index contributed by atoms with van der Waals surface area (Å²) in [4.78, 5) is 15.9. The number of ether oxygens (including phenoxy) is 2. The predicted molar refractivity (Wildman–Crippen MR) is 121 cm³/mol. The lowest BCUT2D eigenvalue weighted by Gasteiger charge is -2.56. The van der Waals surface area contributed by atoms with Gasteiger partial charge in [0.15, 0.2) is 0 Å². The molecule has 0 aromatic carbocycles. The van der Waals surface area contributed by atoms with E-state index in [2.05, 4.69) is 43.1 Å². The normalized spacial score (nSPS) is 36.3. The van der Waals surface area contributed by atoms with Crippen LogP contribution in [0.2, 0.25) is 0 Å². The van der Waals surface area contributed by atoms with Crippen molar-refractivity contribution in [3.8, 4) is 5.75 Å². The molecular formula is C27H33NO3. The van der Waals surface area contributed by atoms with Crippen molar-refractivity contribution in [3.63, 3.8) is 0 Å². The molecule has 1 aromatic heterocycles. The van der Waals surface area contributed by atoms with Crippen LogP contribution in [-0.2, 0) is 9.53 Å². The van der Waals surface area contributed by atoms with Crippen LogP contribution in [0.15, 0.2) is 47.8 Å². The Morgan fingerprint density at radius 1 is 1.16 bits per heavy atom. The minimum Gasteiger partial charge on any atom is -0.495 e. The monoisotopic (exact) mass is 419 g/mol. The number of fused-ring (bicyclic) bond motifs is 5. The highest BCUT2D eigenvalue weighted by Crippen LogP contribution is 2.64. The number of methoxy groups -OCH3 is 1. The van der Waals surface area contributed by atoms with Gasteiger partial charge in [-0.3, -0.25) is 9.78 Å². The Balaban J connectivity index is 1.42. The molecule has 4 aliphatic carbocycles. The average molecular weight is 420 g/mol. The number of nitrogens with zero attached hydrogens (tertiary/aromatic N) is 1. The second kappa shape index (κ2) is 7.36. The van der Waals surface area contributed by atoms with Crippen molar-refractivity contribution >= 4 is 11.5 Å². The zero-order valence-corrected chi connectivity index (χ0v) is 19.1. The van der Waals surface area contributed by atoms with E-state index in [1.807, 2.05) is 6.20 Å². The van der Waals surface area contributed by atoms with Crippen molar-refractivity contribution in [2.45, 2.75) is 65.4 Å². The van der Waals surface area contributed by atoms with Crippen molar-refractivity contribution in [2.24, 2.45) is 22.7 Å². The summed E-state index contributed by atoms with van der Waals surface area (Å²) < 4.78 is 11.0. The summed E-state index contributed by atoms with van der Waals surface area (Å²) in [7, 11) is 1.70. The van der Waals surface area contributed by atoms with Crippen molar-refractivity contribution in [3.05, 3.63) is 53.4 Å².